The van der Waals surface area contributed by atoms with Crippen molar-refractivity contribution in [3.63, 3.8) is 0 Å². The first-order valence-corrected chi connectivity index (χ1v) is 7.43. The molecule has 0 amide bonds. The van der Waals surface area contributed by atoms with E-state index in [0.29, 0.717) is 12.5 Å². The first kappa shape index (κ1) is 14.4. The molecule has 1 N–H and O–H groups in total. The highest BCUT2D eigenvalue weighted by Gasteiger charge is 2.49. The molecule has 1 aromatic carbocycles. The molecule has 1 saturated carbocycles. The molecule has 0 spiro atoms. The van der Waals surface area contributed by atoms with Crippen LogP contribution in [-0.4, -0.2) is 28.6 Å². The monoisotopic (exact) mass is 295 g/mol. The summed E-state index contributed by atoms with van der Waals surface area (Å²) < 4.78 is 27.9. The van der Waals surface area contributed by atoms with E-state index in [2.05, 4.69) is 0 Å². The Bertz CT molecular complexity index is 543. The van der Waals surface area contributed by atoms with Crippen LogP contribution in [0.5, 0.6) is 0 Å². The summed E-state index contributed by atoms with van der Waals surface area (Å²) in [5, 5.41) is 9.54. The smallest absolute Gasteiger partial charge is 0.321 e. The second-order valence-corrected chi connectivity index (χ2v) is 6.15. The Morgan fingerprint density at radius 2 is 2.00 bits per heavy atom. The topological polar surface area (TPSA) is 40.5 Å². The van der Waals surface area contributed by atoms with Gasteiger partial charge in [-0.3, -0.25) is 9.69 Å². The van der Waals surface area contributed by atoms with E-state index in [9.17, 15) is 18.7 Å². The standard InChI is InChI=1S/C16H19F2NO2/c1-9(14-12(17)6-3-7-13(14)18)19-8-10-4-2-5-11(10)15(19)16(20)21/h3,6-7,9-11,15H,2,4-5,8H2,1H3,(H,20,21). The number of aliphatic carboxylic acids is 1. The number of carboxylic acid groups (broad SMARTS) is 1. The number of hydrogen-bond acceptors (Lipinski definition) is 2. The van der Waals surface area contributed by atoms with Gasteiger partial charge in [0.1, 0.15) is 17.7 Å². The first-order valence-electron chi connectivity index (χ1n) is 7.43. The third kappa shape index (κ3) is 2.33. The fraction of sp³-hybridized carbons (Fsp3) is 0.562. The van der Waals surface area contributed by atoms with Gasteiger partial charge in [-0.1, -0.05) is 12.5 Å². The third-order valence-electron chi connectivity index (χ3n) is 5.09. The number of rotatable bonds is 3. The molecule has 1 heterocycles. The zero-order valence-corrected chi connectivity index (χ0v) is 11.9. The van der Waals surface area contributed by atoms with Gasteiger partial charge in [0.05, 0.1) is 0 Å². The molecule has 0 bridgehead atoms. The highest BCUT2D eigenvalue weighted by Crippen LogP contribution is 2.45. The summed E-state index contributed by atoms with van der Waals surface area (Å²) in [6.07, 6.45) is 2.96. The Labute approximate surface area is 122 Å². The number of likely N-dealkylation sites (tertiary alicyclic amines) is 1. The summed E-state index contributed by atoms with van der Waals surface area (Å²) in [5.74, 6) is -1.65. The SMILES string of the molecule is CC(c1c(F)cccc1F)N1CC2CCCC2C1C(=O)O. The van der Waals surface area contributed by atoms with E-state index in [0.717, 1.165) is 19.3 Å². The quantitative estimate of drug-likeness (QED) is 0.931. The van der Waals surface area contributed by atoms with Crippen LogP contribution in [0.3, 0.4) is 0 Å². The van der Waals surface area contributed by atoms with Crippen LogP contribution in [0.4, 0.5) is 8.78 Å². The van der Waals surface area contributed by atoms with Gasteiger partial charge in [-0.15, -0.1) is 0 Å². The summed E-state index contributed by atoms with van der Waals surface area (Å²) in [6, 6.07) is 2.57. The molecule has 1 saturated heterocycles. The lowest BCUT2D eigenvalue weighted by Crippen LogP contribution is -2.41. The largest absolute Gasteiger partial charge is 0.480 e. The molecule has 1 aliphatic heterocycles. The van der Waals surface area contributed by atoms with E-state index in [1.165, 1.54) is 18.2 Å². The molecular weight excluding hydrogens is 276 g/mol. The molecule has 4 atom stereocenters. The minimum atomic E-state index is -0.881. The van der Waals surface area contributed by atoms with Crippen molar-refractivity contribution in [2.45, 2.75) is 38.3 Å². The van der Waals surface area contributed by atoms with Gasteiger partial charge in [-0.05, 0) is 43.7 Å². The average Bonchev–Trinajstić information content (AvgIpc) is 2.97. The van der Waals surface area contributed by atoms with Crippen molar-refractivity contribution in [3.05, 3.63) is 35.4 Å². The normalized spacial score (nSPS) is 30.3. The van der Waals surface area contributed by atoms with E-state index in [1.54, 1.807) is 11.8 Å². The predicted octanol–water partition coefficient (Wildman–Crippen LogP) is 3.21. The van der Waals surface area contributed by atoms with Crippen molar-refractivity contribution >= 4 is 5.97 Å². The van der Waals surface area contributed by atoms with Crippen LogP contribution in [0.2, 0.25) is 0 Å². The predicted molar refractivity (Wildman–Crippen MR) is 73.7 cm³/mol. The summed E-state index contributed by atoms with van der Waals surface area (Å²) in [6.45, 7) is 2.30. The number of carboxylic acids is 1. The van der Waals surface area contributed by atoms with Crippen LogP contribution in [0, 0.1) is 23.5 Å². The Morgan fingerprint density at radius 1 is 1.33 bits per heavy atom. The highest BCUT2D eigenvalue weighted by molar-refractivity contribution is 5.74. The Balaban J connectivity index is 1.93. The molecule has 0 aromatic heterocycles. The van der Waals surface area contributed by atoms with Gasteiger partial charge in [-0.2, -0.15) is 0 Å². The lowest BCUT2D eigenvalue weighted by atomic mass is 9.94. The summed E-state index contributed by atoms with van der Waals surface area (Å²) in [4.78, 5) is 13.4. The van der Waals surface area contributed by atoms with E-state index in [4.69, 9.17) is 0 Å². The Kier molecular flexibility index (Phi) is 3.69. The number of nitrogens with zero attached hydrogens (tertiary/aromatic N) is 1. The fourth-order valence-corrected chi connectivity index (χ4v) is 4.14. The maximum atomic E-state index is 14.0. The van der Waals surface area contributed by atoms with Crippen molar-refractivity contribution in [1.29, 1.82) is 0 Å². The minimum absolute atomic E-state index is 0.0243. The lowest BCUT2D eigenvalue weighted by Gasteiger charge is -2.30. The summed E-state index contributed by atoms with van der Waals surface area (Å²) >= 11 is 0. The number of carbonyl (C=O) groups is 1. The third-order valence-corrected chi connectivity index (χ3v) is 5.09. The van der Waals surface area contributed by atoms with Crippen LogP contribution >= 0.6 is 0 Å². The van der Waals surface area contributed by atoms with Gasteiger partial charge in [-0.25, -0.2) is 8.78 Å². The van der Waals surface area contributed by atoms with Gasteiger partial charge in [0.25, 0.3) is 0 Å². The molecular formula is C16H19F2NO2. The first-order chi connectivity index (χ1) is 10.0. The molecule has 2 fully saturated rings. The summed E-state index contributed by atoms with van der Waals surface area (Å²) in [5.41, 5.74) is -0.0243. The average molecular weight is 295 g/mol. The van der Waals surface area contributed by atoms with Gasteiger partial charge >= 0.3 is 5.97 Å². The van der Waals surface area contributed by atoms with Crippen LogP contribution in [0.1, 0.15) is 37.8 Å². The maximum absolute atomic E-state index is 14.0. The maximum Gasteiger partial charge on any atom is 0.321 e. The van der Waals surface area contributed by atoms with Crippen LogP contribution in [0.15, 0.2) is 18.2 Å². The molecule has 21 heavy (non-hydrogen) atoms. The van der Waals surface area contributed by atoms with E-state index in [-0.39, 0.29) is 11.5 Å². The van der Waals surface area contributed by atoms with E-state index < -0.39 is 29.7 Å². The van der Waals surface area contributed by atoms with Crippen LogP contribution in [0.25, 0.3) is 0 Å². The van der Waals surface area contributed by atoms with Gasteiger partial charge in [0, 0.05) is 18.2 Å². The van der Waals surface area contributed by atoms with Gasteiger partial charge in [0.2, 0.25) is 0 Å². The van der Waals surface area contributed by atoms with Gasteiger partial charge in [0.15, 0.2) is 0 Å². The molecule has 1 aromatic rings. The molecule has 4 unspecified atom stereocenters. The van der Waals surface area contributed by atoms with Crippen LogP contribution < -0.4 is 0 Å². The molecule has 5 heteroatoms. The lowest BCUT2D eigenvalue weighted by molar-refractivity contribution is -0.144. The van der Waals surface area contributed by atoms with Crippen molar-refractivity contribution in [1.82, 2.24) is 4.90 Å². The second-order valence-electron chi connectivity index (χ2n) is 6.15. The molecule has 3 nitrogen and oxygen atoms in total. The highest BCUT2D eigenvalue weighted by atomic mass is 19.1. The zero-order valence-electron chi connectivity index (χ0n) is 11.9. The number of benzene rings is 1. The molecule has 1 aliphatic carbocycles. The van der Waals surface area contributed by atoms with E-state index >= 15 is 0 Å². The molecule has 114 valence electrons. The summed E-state index contributed by atoms with van der Waals surface area (Å²) in [7, 11) is 0. The Morgan fingerprint density at radius 3 is 2.62 bits per heavy atom. The molecule has 2 aliphatic rings. The van der Waals surface area contributed by atoms with Gasteiger partial charge < -0.3 is 5.11 Å². The van der Waals surface area contributed by atoms with Crippen molar-refractivity contribution in [2.75, 3.05) is 6.54 Å². The molecule has 0 radical (unpaired) electrons. The van der Waals surface area contributed by atoms with Crippen LogP contribution in [-0.2, 0) is 4.79 Å². The van der Waals surface area contributed by atoms with E-state index in [1.807, 2.05) is 0 Å². The Hall–Kier alpha value is -1.49. The second kappa shape index (κ2) is 5.37. The number of halogens is 2. The minimum Gasteiger partial charge on any atom is -0.480 e. The number of hydrogen-bond donors (Lipinski definition) is 1. The number of fused-ring (bicyclic) bond motifs is 1. The fourth-order valence-electron chi connectivity index (χ4n) is 4.14. The van der Waals surface area contributed by atoms with Crippen molar-refractivity contribution in [2.24, 2.45) is 11.8 Å². The zero-order chi connectivity index (χ0) is 15.1. The van der Waals surface area contributed by atoms with Crippen molar-refractivity contribution in [3.8, 4) is 0 Å². The van der Waals surface area contributed by atoms with Crippen molar-refractivity contribution < 1.29 is 18.7 Å². The molecule has 3 rings (SSSR count).